The van der Waals surface area contributed by atoms with E-state index in [2.05, 4.69) is 31.2 Å². The van der Waals surface area contributed by atoms with Gasteiger partial charge in [0.2, 0.25) is 0 Å². The quantitative estimate of drug-likeness (QED) is 0.859. The van der Waals surface area contributed by atoms with Gasteiger partial charge in [-0.1, -0.05) is 27.2 Å². The molecule has 1 amide bonds. The number of amides is 1. The van der Waals surface area contributed by atoms with Gasteiger partial charge in [0.15, 0.2) is 5.82 Å². The molecule has 0 fully saturated rings. The Labute approximate surface area is 102 Å². The summed E-state index contributed by atoms with van der Waals surface area (Å²) in [5.41, 5.74) is 0. The minimum atomic E-state index is -0.446. The van der Waals surface area contributed by atoms with Crippen molar-refractivity contribution in [3.63, 3.8) is 0 Å². The number of aryl methyl sites for hydroxylation is 1. The monoisotopic (exact) mass is 239 g/mol. The van der Waals surface area contributed by atoms with Crippen LogP contribution in [0.25, 0.3) is 0 Å². The summed E-state index contributed by atoms with van der Waals surface area (Å²) in [4.78, 5) is 11.5. The highest BCUT2D eigenvalue weighted by Crippen LogP contribution is 2.14. The molecule has 5 nitrogen and oxygen atoms in total. The van der Waals surface area contributed by atoms with Gasteiger partial charge in [-0.2, -0.15) is 5.10 Å². The van der Waals surface area contributed by atoms with Crippen LogP contribution in [0.2, 0.25) is 0 Å². The molecule has 1 N–H and O–H groups in total. The molecule has 1 aromatic heterocycles. The molecule has 0 aromatic carbocycles. The Morgan fingerprint density at radius 2 is 2.24 bits per heavy atom. The van der Waals surface area contributed by atoms with Crippen LogP contribution >= 0.6 is 0 Å². The third kappa shape index (κ3) is 4.46. The van der Waals surface area contributed by atoms with E-state index >= 15 is 0 Å². The van der Waals surface area contributed by atoms with Crippen molar-refractivity contribution >= 4 is 11.9 Å². The van der Waals surface area contributed by atoms with Crippen LogP contribution in [0, 0.1) is 11.8 Å². The van der Waals surface area contributed by atoms with Crippen molar-refractivity contribution in [1.82, 2.24) is 9.78 Å². The second-order valence-corrected chi connectivity index (χ2v) is 4.46. The van der Waals surface area contributed by atoms with E-state index in [4.69, 9.17) is 4.74 Å². The number of anilines is 1. The van der Waals surface area contributed by atoms with Crippen LogP contribution in [0.5, 0.6) is 0 Å². The van der Waals surface area contributed by atoms with Gasteiger partial charge in [-0.25, -0.2) is 4.79 Å². The first-order valence-corrected chi connectivity index (χ1v) is 5.96. The highest BCUT2D eigenvalue weighted by molar-refractivity contribution is 5.83. The fourth-order valence-corrected chi connectivity index (χ4v) is 1.40. The lowest BCUT2D eigenvalue weighted by Gasteiger charge is -2.17. The van der Waals surface area contributed by atoms with Gasteiger partial charge >= 0.3 is 6.09 Å². The third-order valence-electron chi connectivity index (χ3n) is 3.04. The zero-order chi connectivity index (χ0) is 12.8. The summed E-state index contributed by atoms with van der Waals surface area (Å²) in [6.07, 6.45) is 2.41. The molecule has 1 rings (SSSR count). The van der Waals surface area contributed by atoms with Gasteiger partial charge in [0.05, 0.1) is 6.61 Å². The number of aromatic nitrogens is 2. The molecule has 0 saturated heterocycles. The van der Waals surface area contributed by atoms with Gasteiger partial charge in [0, 0.05) is 19.3 Å². The van der Waals surface area contributed by atoms with E-state index in [1.54, 1.807) is 24.0 Å². The van der Waals surface area contributed by atoms with Crippen LogP contribution in [0.15, 0.2) is 12.3 Å². The molecular formula is C12H21N3O2. The van der Waals surface area contributed by atoms with Crippen LogP contribution in [-0.4, -0.2) is 22.5 Å². The second-order valence-electron chi connectivity index (χ2n) is 4.46. The maximum absolute atomic E-state index is 11.5. The van der Waals surface area contributed by atoms with Crippen LogP contribution < -0.4 is 5.32 Å². The summed E-state index contributed by atoms with van der Waals surface area (Å²) in [5, 5.41) is 6.62. The molecule has 1 heterocycles. The third-order valence-corrected chi connectivity index (χ3v) is 3.04. The molecule has 5 heteroatoms. The number of hydrogen-bond acceptors (Lipinski definition) is 3. The predicted molar refractivity (Wildman–Crippen MR) is 66.8 cm³/mol. The van der Waals surface area contributed by atoms with Gasteiger partial charge in [0.1, 0.15) is 0 Å². The van der Waals surface area contributed by atoms with Gasteiger partial charge in [-0.3, -0.25) is 10.00 Å². The van der Waals surface area contributed by atoms with E-state index in [0.717, 1.165) is 6.42 Å². The Hall–Kier alpha value is -1.52. The van der Waals surface area contributed by atoms with Crippen molar-refractivity contribution in [2.45, 2.75) is 27.2 Å². The first-order chi connectivity index (χ1) is 8.02. The number of carbonyl (C=O) groups is 1. The first kappa shape index (κ1) is 13.5. The molecular weight excluding hydrogens is 218 g/mol. The molecule has 1 aromatic rings. The highest BCUT2D eigenvalue weighted by Gasteiger charge is 2.13. The predicted octanol–water partition coefficient (Wildman–Crippen LogP) is 2.65. The Morgan fingerprint density at radius 3 is 2.76 bits per heavy atom. The smallest absolute Gasteiger partial charge is 0.412 e. The standard InChI is InChI=1S/C12H21N3O2/c1-5-9(2)10(3)8-17-12(16)13-11-6-7-15(4)14-11/h6-7,9-10H,5,8H2,1-4H3,(H,13,14,16). The maximum atomic E-state index is 11.5. The fourth-order valence-electron chi connectivity index (χ4n) is 1.40. The topological polar surface area (TPSA) is 56.1 Å². The number of carbonyl (C=O) groups excluding carboxylic acids is 1. The SMILES string of the molecule is CCC(C)C(C)COC(=O)Nc1ccn(C)n1. The Kier molecular flexibility index (Phi) is 5.00. The largest absolute Gasteiger partial charge is 0.449 e. The van der Waals surface area contributed by atoms with Crippen LogP contribution in [0.1, 0.15) is 27.2 Å². The Morgan fingerprint density at radius 1 is 1.53 bits per heavy atom. The minimum absolute atomic E-state index is 0.370. The molecule has 0 bridgehead atoms. The summed E-state index contributed by atoms with van der Waals surface area (Å²) in [7, 11) is 1.79. The van der Waals surface area contributed by atoms with Crippen LogP contribution in [0.3, 0.4) is 0 Å². The number of hydrogen-bond donors (Lipinski definition) is 1. The lowest BCUT2D eigenvalue weighted by Crippen LogP contribution is -2.21. The van der Waals surface area contributed by atoms with E-state index in [1.165, 1.54) is 0 Å². The van der Waals surface area contributed by atoms with Crippen LogP contribution in [0.4, 0.5) is 10.6 Å². The molecule has 0 aliphatic heterocycles. The second kappa shape index (κ2) is 6.27. The van der Waals surface area contributed by atoms with Gasteiger partial charge in [-0.15, -0.1) is 0 Å². The molecule has 0 aliphatic carbocycles. The first-order valence-electron chi connectivity index (χ1n) is 5.96. The fraction of sp³-hybridized carbons (Fsp3) is 0.667. The van der Waals surface area contributed by atoms with Gasteiger partial charge in [0.25, 0.3) is 0 Å². The van der Waals surface area contributed by atoms with E-state index in [-0.39, 0.29) is 0 Å². The summed E-state index contributed by atoms with van der Waals surface area (Å²) < 4.78 is 6.76. The molecule has 0 aliphatic rings. The van der Waals surface area contributed by atoms with Crippen LogP contribution in [-0.2, 0) is 11.8 Å². The van der Waals surface area contributed by atoms with E-state index < -0.39 is 6.09 Å². The maximum Gasteiger partial charge on any atom is 0.412 e. The number of nitrogens with zero attached hydrogens (tertiary/aromatic N) is 2. The average molecular weight is 239 g/mol. The average Bonchev–Trinajstić information content (AvgIpc) is 2.70. The number of nitrogens with one attached hydrogen (secondary N) is 1. The lowest BCUT2D eigenvalue weighted by atomic mass is 9.95. The molecule has 0 saturated carbocycles. The summed E-state index contributed by atoms with van der Waals surface area (Å²) >= 11 is 0. The number of ether oxygens (including phenoxy) is 1. The van der Waals surface area contributed by atoms with Gasteiger partial charge in [-0.05, 0) is 11.8 Å². The normalized spacial score (nSPS) is 14.1. The van der Waals surface area contributed by atoms with E-state index in [0.29, 0.717) is 24.3 Å². The molecule has 0 radical (unpaired) electrons. The summed E-state index contributed by atoms with van der Waals surface area (Å²) in [5.74, 6) is 1.43. The van der Waals surface area contributed by atoms with Crippen molar-refractivity contribution in [3.8, 4) is 0 Å². The van der Waals surface area contributed by atoms with Crippen molar-refractivity contribution in [3.05, 3.63) is 12.3 Å². The Bertz CT molecular complexity index is 362. The zero-order valence-corrected chi connectivity index (χ0v) is 10.9. The summed E-state index contributed by atoms with van der Waals surface area (Å²) in [6.45, 7) is 6.82. The minimum Gasteiger partial charge on any atom is -0.449 e. The lowest BCUT2D eigenvalue weighted by molar-refractivity contribution is 0.129. The highest BCUT2D eigenvalue weighted by atomic mass is 16.5. The molecule has 2 atom stereocenters. The molecule has 17 heavy (non-hydrogen) atoms. The van der Waals surface area contributed by atoms with E-state index in [1.807, 2.05) is 0 Å². The van der Waals surface area contributed by atoms with Crippen molar-refractivity contribution < 1.29 is 9.53 Å². The molecule has 0 spiro atoms. The van der Waals surface area contributed by atoms with Gasteiger partial charge < -0.3 is 4.74 Å². The summed E-state index contributed by atoms with van der Waals surface area (Å²) in [6, 6.07) is 1.72. The molecule has 96 valence electrons. The molecule has 2 unspecified atom stereocenters. The van der Waals surface area contributed by atoms with E-state index in [9.17, 15) is 4.79 Å². The number of rotatable bonds is 5. The van der Waals surface area contributed by atoms with Crippen molar-refractivity contribution in [2.24, 2.45) is 18.9 Å². The zero-order valence-electron chi connectivity index (χ0n) is 10.9. The van der Waals surface area contributed by atoms with Crippen molar-refractivity contribution in [2.75, 3.05) is 11.9 Å². The Balaban J connectivity index is 2.30. The van der Waals surface area contributed by atoms with Crippen molar-refractivity contribution in [1.29, 1.82) is 0 Å².